The van der Waals surface area contributed by atoms with Gasteiger partial charge in [-0.3, -0.25) is 0 Å². The molecule has 0 spiro atoms. The molecule has 0 aromatic heterocycles. The molecular formula is C10H11ClF5NS. The van der Waals surface area contributed by atoms with Crippen LogP contribution in [0.25, 0.3) is 0 Å². The summed E-state index contributed by atoms with van der Waals surface area (Å²) in [6.45, 7) is 0. The van der Waals surface area contributed by atoms with Crippen LogP contribution in [0, 0.1) is 0 Å². The van der Waals surface area contributed by atoms with Gasteiger partial charge >= 0.3 is 12.1 Å². The molecule has 0 aliphatic heterocycles. The average molecular weight is 308 g/mol. The van der Waals surface area contributed by atoms with Gasteiger partial charge in [-0.15, -0.1) is 24.2 Å². The molecule has 2 N–H and O–H groups in total. The van der Waals surface area contributed by atoms with Gasteiger partial charge in [-0.05, 0) is 24.0 Å². The van der Waals surface area contributed by atoms with Crippen molar-refractivity contribution in [1.82, 2.24) is 0 Å². The monoisotopic (exact) mass is 307 g/mol. The number of hydrogen-bond acceptors (Lipinski definition) is 2. The minimum absolute atomic E-state index is 0. The van der Waals surface area contributed by atoms with Gasteiger partial charge in [0.1, 0.15) is 6.04 Å². The maximum atomic E-state index is 12.9. The summed E-state index contributed by atoms with van der Waals surface area (Å²) in [5, 5.41) is 0. The second-order valence-corrected chi connectivity index (χ2v) is 4.25. The van der Waals surface area contributed by atoms with Crippen LogP contribution in [0.5, 0.6) is 0 Å². The standard InChI is InChI=1S/C10H10F5NS.ClH/c1-17-7-4-2-6(3-5-7)8(16)9(11,12)10(13,14)15;/h2-5,8H,16H2,1H3;1H/t8-;/m0./s1. The van der Waals surface area contributed by atoms with Gasteiger partial charge in [0.25, 0.3) is 0 Å². The Balaban J connectivity index is 0.00000289. The molecule has 0 aliphatic rings. The Morgan fingerprint density at radius 3 is 1.83 bits per heavy atom. The van der Waals surface area contributed by atoms with E-state index in [2.05, 4.69) is 0 Å². The first-order valence-corrected chi connectivity index (χ1v) is 5.76. The van der Waals surface area contributed by atoms with Crippen molar-refractivity contribution in [3.05, 3.63) is 29.8 Å². The van der Waals surface area contributed by atoms with E-state index >= 15 is 0 Å². The van der Waals surface area contributed by atoms with Crippen molar-refractivity contribution in [3.8, 4) is 0 Å². The van der Waals surface area contributed by atoms with Crippen LogP contribution in [0.3, 0.4) is 0 Å². The fourth-order valence-electron chi connectivity index (χ4n) is 1.20. The van der Waals surface area contributed by atoms with Gasteiger partial charge in [0.2, 0.25) is 0 Å². The molecule has 0 aliphatic carbocycles. The van der Waals surface area contributed by atoms with Crippen molar-refractivity contribution in [2.45, 2.75) is 23.0 Å². The summed E-state index contributed by atoms with van der Waals surface area (Å²) in [5.74, 6) is -4.94. The van der Waals surface area contributed by atoms with Crippen LogP contribution in [0.15, 0.2) is 29.2 Å². The van der Waals surface area contributed by atoms with E-state index in [1.54, 1.807) is 6.26 Å². The van der Waals surface area contributed by atoms with Crippen LogP contribution >= 0.6 is 24.2 Å². The van der Waals surface area contributed by atoms with E-state index in [1.807, 2.05) is 0 Å². The van der Waals surface area contributed by atoms with E-state index in [4.69, 9.17) is 5.73 Å². The van der Waals surface area contributed by atoms with Gasteiger partial charge in [0.15, 0.2) is 0 Å². The van der Waals surface area contributed by atoms with E-state index in [0.717, 1.165) is 4.90 Å². The zero-order valence-electron chi connectivity index (χ0n) is 9.17. The van der Waals surface area contributed by atoms with Crippen LogP contribution in [0.1, 0.15) is 11.6 Å². The highest BCUT2D eigenvalue weighted by molar-refractivity contribution is 7.98. The molecule has 0 radical (unpaired) electrons. The molecule has 0 unspecified atom stereocenters. The fraction of sp³-hybridized carbons (Fsp3) is 0.400. The predicted octanol–water partition coefficient (Wildman–Crippen LogP) is 4.03. The van der Waals surface area contributed by atoms with Crippen molar-refractivity contribution in [2.24, 2.45) is 5.73 Å². The molecule has 1 aromatic rings. The second-order valence-electron chi connectivity index (χ2n) is 3.37. The molecule has 0 fully saturated rings. The van der Waals surface area contributed by atoms with Crippen LogP contribution in [0.4, 0.5) is 22.0 Å². The lowest BCUT2D eigenvalue weighted by Gasteiger charge is -2.25. The molecule has 8 heteroatoms. The number of benzene rings is 1. The molecule has 18 heavy (non-hydrogen) atoms. The van der Waals surface area contributed by atoms with Crippen LogP contribution in [-0.4, -0.2) is 18.4 Å². The minimum atomic E-state index is -5.65. The summed E-state index contributed by atoms with van der Waals surface area (Å²) >= 11 is 1.35. The summed E-state index contributed by atoms with van der Waals surface area (Å²) in [4.78, 5) is 0.760. The zero-order chi connectivity index (χ0) is 13.3. The SMILES string of the molecule is CSc1ccc([C@H](N)C(F)(F)C(F)(F)F)cc1.Cl. The van der Waals surface area contributed by atoms with Gasteiger partial charge in [-0.2, -0.15) is 22.0 Å². The highest BCUT2D eigenvalue weighted by atomic mass is 35.5. The predicted molar refractivity (Wildman–Crippen MR) is 63.4 cm³/mol. The highest BCUT2D eigenvalue weighted by Gasteiger charge is 2.61. The first-order valence-electron chi connectivity index (χ1n) is 4.54. The van der Waals surface area contributed by atoms with Crippen LogP contribution in [-0.2, 0) is 0 Å². The summed E-state index contributed by atoms with van der Waals surface area (Å²) in [6.07, 6.45) is -3.89. The van der Waals surface area contributed by atoms with Gasteiger partial charge < -0.3 is 5.73 Å². The summed E-state index contributed by atoms with van der Waals surface area (Å²) in [5.41, 5.74) is 4.73. The Hall–Kier alpha value is -0.530. The third-order valence-electron chi connectivity index (χ3n) is 2.24. The molecule has 0 amide bonds. The maximum Gasteiger partial charge on any atom is 0.455 e. The fourth-order valence-corrected chi connectivity index (χ4v) is 1.61. The van der Waals surface area contributed by atoms with E-state index in [-0.39, 0.29) is 18.0 Å². The summed E-state index contributed by atoms with van der Waals surface area (Å²) in [6, 6.07) is 2.86. The van der Waals surface area contributed by atoms with Gasteiger partial charge in [0, 0.05) is 4.90 Å². The number of halogens is 6. The molecule has 1 nitrogen and oxygen atoms in total. The Bertz CT molecular complexity index is 379. The number of nitrogens with two attached hydrogens (primary N) is 1. The Kier molecular flexibility index (Phi) is 5.90. The summed E-state index contributed by atoms with van der Waals surface area (Å²) in [7, 11) is 0. The molecule has 104 valence electrons. The lowest BCUT2D eigenvalue weighted by molar-refractivity contribution is -0.291. The topological polar surface area (TPSA) is 26.0 Å². The average Bonchev–Trinajstić information content (AvgIpc) is 2.26. The van der Waals surface area contributed by atoms with Gasteiger partial charge in [-0.25, -0.2) is 0 Å². The molecule has 0 bridgehead atoms. The normalized spacial score (nSPS) is 13.9. The van der Waals surface area contributed by atoms with Crippen molar-refractivity contribution >= 4 is 24.2 Å². The molecule has 1 rings (SSSR count). The van der Waals surface area contributed by atoms with Gasteiger partial charge in [0.05, 0.1) is 0 Å². The smallest absolute Gasteiger partial charge is 0.319 e. The number of alkyl halides is 5. The summed E-state index contributed by atoms with van der Waals surface area (Å²) < 4.78 is 62.1. The number of rotatable bonds is 3. The molecular weight excluding hydrogens is 297 g/mol. The van der Waals surface area contributed by atoms with Crippen molar-refractivity contribution in [1.29, 1.82) is 0 Å². The first-order chi connectivity index (χ1) is 7.70. The highest BCUT2D eigenvalue weighted by Crippen LogP contribution is 2.43. The molecule has 1 aromatic carbocycles. The van der Waals surface area contributed by atoms with Crippen LogP contribution < -0.4 is 5.73 Å². The third kappa shape index (κ3) is 3.49. The first kappa shape index (κ1) is 17.5. The van der Waals surface area contributed by atoms with Crippen molar-refractivity contribution in [3.63, 3.8) is 0 Å². The Morgan fingerprint density at radius 2 is 1.50 bits per heavy atom. The second kappa shape index (κ2) is 6.08. The quantitative estimate of drug-likeness (QED) is 0.674. The Morgan fingerprint density at radius 1 is 1.06 bits per heavy atom. The number of thioether (sulfide) groups is 1. The van der Waals surface area contributed by atoms with Gasteiger partial charge in [-0.1, -0.05) is 12.1 Å². The van der Waals surface area contributed by atoms with E-state index < -0.39 is 18.1 Å². The van der Waals surface area contributed by atoms with Crippen molar-refractivity contribution in [2.75, 3.05) is 6.26 Å². The number of hydrogen-bond donors (Lipinski definition) is 1. The molecule has 0 heterocycles. The molecule has 0 saturated heterocycles. The van der Waals surface area contributed by atoms with E-state index in [0.29, 0.717) is 0 Å². The third-order valence-corrected chi connectivity index (χ3v) is 2.99. The molecule has 1 atom stereocenters. The maximum absolute atomic E-state index is 12.9. The minimum Gasteiger partial charge on any atom is -0.319 e. The van der Waals surface area contributed by atoms with Crippen LogP contribution in [0.2, 0.25) is 0 Å². The Labute approximate surface area is 111 Å². The largest absolute Gasteiger partial charge is 0.455 e. The molecule has 0 saturated carbocycles. The van der Waals surface area contributed by atoms with E-state index in [9.17, 15) is 22.0 Å². The lowest BCUT2D eigenvalue weighted by atomic mass is 10.0. The lowest BCUT2D eigenvalue weighted by Crippen LogP contribution is -2.45. The zero-order valence-corrected chi connectivity index (χ0v) is 10.8. The van der Waals surface area contributed by atoms with Crippen molar-refractivity contribution < 1.29 is 22.0 Å². The van der Waals surface area contributed by atoms with E-state index in [1.165, 1.54) is 36.0 Å².